The average Bonchev–Trinajstić information content (AvgIpc) is 3.42. The topological polar surface area (TPSA) is 121 Å². The van der Waals surface area contributed by atoms with Crippen molar-refractivity contribution in [3.63, 3.8) is 0 Å². The number of nitrogens with zero attached hydrogens (tertiary/aromatic N) is 3. The van der Waals surface area contributed by atoms with E-state index in [1.807, 2.05) is 30.3 Å². The first-order chi connectivity index (χ1) is 19.1. The minimum atomic E-state index is -0.580. The highest BCUT2D eigenvalue weighted by molar-refractivity contribution is 6.99. The van der Waals surface area contributed by atoms with Crippen molar-refractivity contribution in [3.05, 3.63) is 42.5 Å². The molecule has 1 unspecified atom stereocenters. The van der Waals surface area contributed by atoms with E-state index in [0.717, 1.165) is 47.2 Å². The van der Waals surface area contributed by atoms with E-state index < -0.39 is 12.2 Å². The van der Waals surface area contributed by atoms with Gasteiger partial charge in [-0.05, 0) is 32.2 Å². The molecule has 0 radical (unpaired) electrons. The highest BCUT2D eigenvalue weighted by atomic mass is 32.1. The van der Waals surface area contributed by atoms with Gasteiger partial charge in [-0.1, -0.05) is 50.2 Å². The van der Waals surface area contributed by atoms with Crippen molar-refractivity contribution in [1.29, 1.82) is 0 Å². The summed E-state index contributed by atoms with van der Waals surface area (Å²) in [6, 6.07) is 14.4. The first-order valence-electron chi connectivity index (χ1n) is 13.9. The number of benzene rings is 2. The molecule has 4 N–H and O–H groups in total. The van der Waals surface area contributed by atoms with Gasteiger partial charge in [-0.3, -0.25) is 0 Å². The van der Waals surface area contributed by atoms with E-state index in [1.165, 1.54) is 0 Å². The summed E-state index contributed by atoms with van der Waals surface area (Å²) in [4.78, 5) is 2.10. The van der Waals surface area contributed by atoms with Gasteiger partial charge in [-0.2, -0.15) is 4.37 Å². The van der Waals surface area contributed by atoms with E-state index in [1.54, 1.807) is 0 Å². The Hall–Kier alpha value is -2.54. The number of anilines is 1. The fourth-order valence-electron chi connectivity index (χ4n) is 3.83. The number of fused-ring (bicyclic) bond motifs is 1. The monoisotopic (exact) mass is 575 g/mol. The van der Waals surface area contributed by atoms with E-state index in [-0.39, 0.29) is 12.1 Å². The highest BCUT2D eigenvalue weighted by Crippen LogP contribution is 2.27. The Morgan fingerprint density at radius 3 is 2.35 bits per heavy atom. The maximum absolute atomic E-state index is 9.95. The lowest BCUT2D eigenvalue weighted by atomic mass is 10.1. The SMILES string of the molecule is CC(C)(C)NC[C@H](O)COc1nsnc1N1CCOCC1.CC(C)NCC(O)COc1cccc2ccccc12. The number of hydrogen-bond donors (Lipinski definition) is 4. The van der Waals surface area contributed by atoms with Crippen LogP contribution in [0.5, 0.6) is 11.6 Å². The molecule has 222 valence electrons. The summed E-state index contributed by atoms with van der Waals surface area (Å²) >= 11 is 1.12. The van der Waals surface area contributed by atoms with Crippen molar-refractivity contribution in [2.45, 2.75) is 58.4 Å². The van der Waals surface area contributed by atoms with Gasteiger partial charge in [-0.15, -0.1) is 4.37 Å². The van der Waals surface area contributed by atoms with E-state index >= 15 is 0 Å². The van der Waals surface area contributed by atoms with Crippen LogP contribution in [0.1, 0.15) is 34.6 Å². The minimum Gasteiger partial charge on any atom is -0.490 e. The lowest BCUT2D eigenvalue weighted by Gasteiger charge is -2.27. The average molecular weight is 576 g/mol. The lowest BCUT2D eigenvalue weighted by molar-refractivity contribution is 0.0975. The Balaban J connectivity index is 0.000000222. The van der Waals surface area contributed by atoms with Crippen LogP contribution in [0.3, 0.4) is 0 Å². The third-order valence-corrected chi connectivity index (χ3v) is 6.48. The molecule has 0 spiro atoms. The lowest BCUT2D eigenvalue weighted by Crippen LogP contribution is -2.42. The second kappa shape index (κ2) is 16.0. The van der Waals surface area contributed by atoms with E-state index in [0.29, 0.717) is 44.8 Å². The summed E-state index contributed by atoms with van der Waals surface area (Å²) in [5.74, 6) is 2.07. The molecule has 2 aromatic carbocycles. The molecule has 2 atom stereocenters. The molecule has 0 saturated carbocycles. The molecule has 0 bridgehead atoms. The molecule has 3 aromatic rings. The molecule has 0 aliphatic carbocycles. The highest BCUT2D eigenvalue weighted by Gasteiger charge is 2.21. The Morgan fingerprint density at radius 1 is 0.950 bits per heavy atom. The molecule has 0 amide bonds. The number of β-amino-alcohol motifs (C(OH)–C–C–N with tert-alkyl or cyclic N) is 1. The number of rotatable bonds is 12. The summed E-state index contributed by atoms with van der Waals surface area (Å²) in [7, 11) is 0. The van der Waals surface area contributed by atoms with Gasteiger partial charge in [0.05, 0.1) is 24.9 Å². The van der Waals surface area contributed by atoms with Gasteiger partial charge >= 0.3 is 0 Å². The van der Waals surface area contributed by atoms with Crippen LogP contribution in [-0.4, -0.2) is 95.4 Å². The second-order valence-corrected chi connectivity index (χ2v) is 11.6. The van der Waals surface area contributed by atoms with Crippen molar-refractivity contribution >= 4 is 28.3 Å². The normalized spacial score (nSPS) is 15.4. The van der Waals surface area contributed by atoms with E-state index in [2.05, 4.69) is 71.0 Å². The first kappa shape index (κ1) is 32.0. The maximum Gasteiger partial charge on any atom is 0.270 e. The largest absolute Gasteiger partial charge is 0.490 e. The zero-order valence-corrected chi connectivity index (χ0v) is 25.1. The number of aliphatic hydroxyl groups excluding tert-OH is 2. The van der Waals surface area contributed by atoms with Crippen LogP contribution in [0.2, 0.25) is 0 Å². The van der Waals surface area contributed by atoms with Crippen LogP contribution < -0.4 is 25.0 Å². The third-order valence-electron chi connectivity index (χ3n) is 5.98. The number of hydrogen-bond acceptors (Lipinski definition) is 11. The summed E-state index contributed by atoms with van der Waals surface area (Å²) in [5.41, 5.74) is -0.0257. The molecule has 1 fully saturated rings. The quantitative estimate of drug-likeness (QED) is 0.256. The van der Waals surface area contributed by atoms with Gasteiger partial charge in [0, 0.05) is 43.1 Å². The number of morpholine rings is 1. The molecule has 1 aliphatic rings. The molecule has 1 saturated heterocycles. The molecule has 1 aromatic heterocycles. The van der Waals surface area contributed by atoms with Crippen LogP contribution in [0.15, 0.2) is 42.5 Å². The molecule has 1 aliphatic heterocycles. The van der Waals surface area contributed by atoms with Crippen molar-refractivity contribution in [2.24, 2.45) is 0 Å². The van der Waals surface area contributed by atoms with Crippen molar-refractivity contribution < 1.29 is 24.4 Å². The van der Waals surface area contributed by atoms with E-state index in [4.69, 9.17) is 14.2 Å². The van der Waals surface area contributed by atoms with Crippen LogP contribution in [0, 0.1) is 0 Å². The second-order valence-electron chi connectivity index (χ2n) is 11.1. The standard InChI is InChI=1S/C16H21NO2.C13H24N4O3S/c1-12(2)17-10-14(18)11-19-16-9-5-7-13-6-3-4-8-15(13)16;1-13(2,3)14-8-10(18)9-20-12-11(15-21-16-12)17-4-6-19-7-5-17/h3-9,12,14,17-18H,10-11H2,1-2H3;10,14,18H,4-9H2,1-3H3/t;10-/m.0/s1. The van der Waals surface area contributed by atoms with Gasteiger partial charge in [0.15, 0.2) is 0 Å². The number of aromatic nitrogens is 2. The number of ether oxygens (including phenoxy) is 3. The summed E-state index contributed by atoms with van der Waals surface area (Å²) < 4.78 is 25.1. The van der Waals surface area contributed by atoms with Crippen LogP contribution >= 0.6 is 11.7 Å². The number of aliphatic hydroxyl groups is 2. The van der Waals surface area contributed by atoms with Crippen LogP contribution in [0.4, 0.5) is 5.82 Å². The van der Waals surface area contributed by atoms with Crippen molar-refractivity contribution in [2.75, 3.05) is 57.5 Å². The molecule has 4 rings (SSSR count). The van der Waals surface area contributed by atoms with Gasteiger partial charge in [0.25, 0.3) is 5.88 Å². The van der Waals surface area contributed by atoms with Gasteiger partial charge in [-0.25, -0.2) is 0 Å². The third kappa shape index (κ3) is 11.1. The molecule has 10 nitrogen and oxygen atoms in total. The predicted molar refractivity (Wildman–Crippen MR) is 161 cm³/mol. The Kier molecular flexibility index (Phi) is 12.8. The van der Waals surface area contributed by atoms with Gasteiger partial charge < -0.3 is 40.0 Å². The summed E-state index contributed by atoms with van der Waals surface area (Å²) in [5, 5.41) is 28.4. The van der Waals surface area contributed by atoms with Gasteiger partial charge in [0.1, 0.15) is 31.2 Å². The minimum absolute atomic E-state index is 0.0257. The smallest absolute Gasteiger partial charge is 0.270 e. The summed E-state index contributed by atoms with van der Waals surface area (Å²) in [6.45, 7) is 14.8. The Morgan fingerprint density at radius 2 is 1.62 bits per heavy atom. The Bertz CT molecular complexity index is 1130. The number of nitrogens with one attached hydrogen (secondary N) is 2. The van der Waals surface area contributed by atoms with Crippen molar-refractivity contribution in [3.8, 4) is 11.6 Å². The fourth-order valence-corrected chi connectivity index (χ4v) is 4.35. The zero-order valence-electron chi connectivity index (χ0n) is 24.3. The van der Waals surface area contributed by atoms with Crippen LogP contribution in [-0.2, 0) is 4.74 Å². The molecule has 11 heteroatoms. The predicted octanol–water partition coefficient (Wildman–Crippen LogP) is 3.08. The van der Waals surface area contributed by atoms with Crippen molar-refractivity contribution in [1.82, 2.24) is 19.4 Å². The van der Waals surface area contributed by atoms with Gasteiger partial charge in [0.2, 0.25) is 5.82 Å². The Labute approximate surface area is 242 Å². The maximum atomic E-state index is 9.95. The molecule has 40 heavy (non-hydrogen) atoms. The zero-order chi connectivity index (χ0) is 29.0. The fraction of sp³-hybridized carbons (Fsp3) is 0.586. The molecular formula is C29H45N5O5S. The first-order valence-corrected chi connectivity index (χ1v) is 14.6. The summed E-state index contributed by atoms with van der Waals surface area (Å²) in [6.07, 6.45) is -1.08. The molecular weight excluding hydrogens is 530 g/mol. The molecule has 2 heterocycles. The van der Waals surface area contributed by atoms with Crippen LogP contribution in [0.25, 0.3) is 10.8 Å². The van der Waals surface area contributed by atoms with E-state index in [9.17, 15) is 10.2 Å².